The van der Waals surface area contributed by atoms with Gasteiger partial charge >= 0.3 is 35.7 Å². The summed E-state index contributed by atoms with van der Waals surface area (Å²) in [6.07, 6.45) is 4.85. The van der Waals surface area contributed by atoms with Crippen LogP contribution in [0.4, 0.5) is 16.2 Å². The molecule has 14 heteroatoms. The van der Waals surface area contributed by atoms with Crippen LogP contribution in [0.25, 0.3) is 11.1 Å². The molecular formula is C36H27N2NaO8S3. The molecule has 0 spiro atoms. The summed E-state index contributed by atoms with van der Waals surface area (Å²) in [7, 11) is -8.36. The molecule has 10 nitrogen and oxygen atoms in total. The van der Waals surface area contributed by atoms with E-state index in [-0.39, 0.29) is 57.9 Å². The van der Waals surface area contributed by atoms with E-state index in [4.69, 9.17) is 4.74 Å². The van der Waals surface area contributed by atoms with E-state index in [0.717, 1.165) is 32.8 Å². The van der Waals surface area contributed by atoms with Crippen molar-refractivity contribution in [1.82, 2.24) is 0 Å². The zero-order valence-electron chi connectivity index (χ0n) is 26.6. The van der Waals surface area contributed by atoms with Gasteiger partial charge in [0.15, 0.2) is 6.10 Å². The second kappa shape index (κ2) is 14.3. The summed E-state index contributed by atoms with van der Waals surface area (Å²) >= 11 is 1.34. The number of fused-ring (bicyclic) bond motifs is 5. The van der Waals surface area contributed by atoms with Crippen LogP contribution in [0.15, 0.2) is 135 Å². The van der Waals surface area contributed by atoms with E-state index in [0.29, 0.717) is 10.7 Å². The molecule has 50 heavy (non-hydrogen) atoms. The van der Waals surface area contributed by atoms with Gasteiger partial charge in [-0.2, -0.15) is 0 Å². The van der Waals surface area contributed by atoms with Crippen molar-refractivity contribution in [2.45, 2.75) is 22.3 Å². The molecule has 0 saturated heterocycles. The van der Waals surface area contributed by atoms with Crippen molar-refractivity contribution in [3.05, 3.63) is 142 Å². The van der Waals surface area contributed by atoms with Crippen molar-refractivity contribution in [2.24, 2.45) is 0 Å². The van der Waals surface area contributed by atoms with E-state index in [2.05, 4.69) is 5.32 Å². The molecule has 3 aliphatic rings. The quantitative estimate of drug-likeness (QED) is 0.161. The summed E-state index contributed by atoms with van der Waals surface area (Å²) in [5.74, 6) is -1.12. The molecule has 4 aromatic rings. The molecule has 1 N–H and O–H groups in total. The third-order valence-corrected chi connectivity index (χ3v) is 12.0. The number of hydrogen-bond acceptors (Lipinski definition) is 10. The molecule has 2 aliphatic heterocycles. The van der Waals surface area contributed by atoms with Crippen LogP contribution in [0, 0.1) is 0 Å². The molecule has 0 aromatic heterocycles. The summed E-state index contributed by atoms with van der Waals surface area (Å²) < 4.78 is 65.6. The molecular weight excluding hydrogens is 708 g/mol. The van der Waals surface area contributed by atoms with Gasteiger partial charge in [0.25, 0.3) is 0 Å². The predicted octanol–water partition coefficient (Wildman–Crippen LogP) is 3.81. The Bertz CT molecular complexity index is 2310. The molecule has 0 unspecified atom stereocenters. The van der Waals surface area contributed by atoms with E-state index >= 15 is 0 Å². The van der Waals surface area contributed by atoms with Crippen LogP contribution >= 0.6 is 11.8 Å². The monoisotopic (exact) mass is 734 g/mol. The molecule has 7 rings (SSSR count). The van der Waals surface area contributed by atoms with E-state index < -0.39 is 43.7 Å². The Morgan fingerprint density at radius 1 is 0.900 bits per heavy atom. The van der Waals surface area contributed by atoms with Gasteiger partial charge in [0, 0.05) is 39.6 Å². The maximum absolute atomic E-state index is 13.1. The Morgan fingerprint density at radius 2 is 1.52 bits per heavy atom. The number of carbonyl (C=O) groups is 2. The topological polar surface area (TPSA) is 150 Å². The first-order chi connectivity index (χ1) is 23.5. The molecule has 0 fully saturated rings. The van der Waals surface area contributed by atoms with E-state index in [1.165, 1.54) is 36.0 Å². The second-order valence-electron chi connectivity index (χ2n) is 11.4. The van der Waals surface area contributed by atoms with Crippen molar-refractivity contribution < 1.29 is 65.3 Å². The number of benzene rings is 4. The third-order valence-electron chi connectivity index (χ3n) is 8.29. The van der Waals surface area contributed by atoms with E-state index in [1.54, 1.807) is 42.5 Å². The van der Waals surface area contributed by atoms with Crippen molar-refractivity contribution in [1.29, 1.82) is 0 Å². The number of thioether (sulfide) groups is 1. The molecule has 248 valence electrons. The Balaban J connectivity index is 0.00000432. The van der Waals surface area contributed by atoms with Gasteiger partial charge in [0.05, 0.1) is 25.7 Å². The normalized spacial score (nSPS) is 17.4. The smallest absolute Gasteiger partial charge is 0.748 e. The predicted molar refractivity (Wildman–Crippen MR) is 186 cm³/mol. The van der Waals surface area contributed by atoms with Crippen LogP contribution in [0.1, 0.15) is 34.0 Å². The third kappa shape index (κ3) is 6.99. The zero-order chi connectivity index (χ0) is 34.3. The number of sulfone groups is 1. The van der Waals surface area contributed by atoms with Crippen LogP contribution < -0.4 is 39.8 Å². The summed E-state index contributed by atoms with van der Waals surface area (Å²) in [6, 6.07) is 26.9. The number of carbonyl (C=O) groups excluding carboxylic acids is 2. The molecule has 1 amide bonds. The minimum absolute atomic E-state index is 0. The minimum atomic E-state index is -4.42. The summed E-state index contributed by atoms with van der Waals surface area (Å²) in [5.41, 5.74) is 5.17. The van der Waals surface area contributed by atoms with Crippen LogP contribution in [0.5, 0.6) is 0 Å². The number of hydrogen-bond donors (Lipinski definition) is 1. The SMILES string of the molecule is O=C(Nc1ccc2c(c1)S/C(=C/C=C/C=C1/C(=O)c3ccccc3S1(=O)=O)N2CCCS(=O)(=O)[O-])OC1c2ccccc2-c2ccccc21.[Na+]. The standard InChI is InChI=1S/C36H28N2O8S3.Na/c39-34-28-14-5-6-15-31(28)49(44,45)32(34)16-7-8-17-33-38(20-9-21-48(41,42)43)29-19-18-23(22-30(29)47-33)37-36(40)46-35-26-12-3-1-10-24(26)25-11-2-4-13-27(25)35;/h1-8,10-19,22,35H,9,20-21H2,(H,37,40)(H,41,42,43);/q;+1/p-1/b8-7+,32-16-,33-17+;. The zero-order valence-corrected chi connectivity index (χ0v) is 31.1. The molecule has 2 heterocycles. The molecule has 1 aliphatic carbocycles. The van der Waals surface area contributed by atoms with Gasteiger partial charge in [0.1, 0.15) is 4.91 Å². The van der Waals surface area contributed by atoms with Crippen LogP contribution in [-0.4, -0.2) is 45.6 Å². The largest absolute Gasteiger partial charge is 1.00 e. The van der Waals surface area contributed by atoms with Gasteiger partial charge < -0.3 is 14.2 Å². The van der Waals surface area contributed by atoms with E-state index in [1.807, 2.05) is 53.4 Å². The fourth-order valence-electron chi connectivity index (χ4n) is 6.14. The summed E-state index contributed by atoms with van der Waals surface area (Å²) in [6.45, 7) is 0.208. The maximum atomic E-state index is 13.1. The first kappa shape index (κ1) is 35.9. The number of ether oxygens (including phenoxy) is 1. The van der Waals surface area contributed by atoms with Gasteiger partial charge in [-0.3, -0.25) is 10.1 Å². The van der Waals surface area contributed by atoms with Gasteiger partial charge in [-0.15, -0.1) is 0 Å². The van der Waals surface area contributed by atoms with Crippen LogP contribution in [0.3, 0.4) is 0 Å². The van der Waals surface area contributed by atoms with E-state index in [9.17, 15) is 31.0 Å². The Labute approximate surface area is 315 Å². The molecule has 0 saturated carbocycles. The number of nitrogens with one attached hydrogen (secondary N) is 1. The van der Waals surface area contributed by atoms with Gasteiger partial charge in [0.2, 0.25) is 15.6 Å². The van der Waals surface area contributed by atoms with Crippen LogP contribution in [-0.2, 0) is 24.7 Å². The van der Waals surface area contributed by atoms with Crippen molar-refractivity contribution in [2.75, 3.05) is 22.5 Å². The summed E-state index contributed by atoms with van der Waals surface area (Å²) in [4.78, 5) is 28.1. The van der Waals surface area contributed by atoms with Crippen LogP contribution in [0.2, 0.25) is 0 Å². The van der Waals surface area contributed by atoms with Gasteiger partial charge in [-0.1, -0.05) is 84.6 Å². The number of Topliss-reactive ketones (excluding diaryl/α,β-unsaturated/α-hetero) is 1. The molecule has 0 radical (unpaired) electrons. The second-order valence-corrected chi connectivity index (χ2v) is 15.9. The Hall–Kier alpha value is -3.95. The minimum Gasteiger partial charge on any atom is -0.748 e. The number of amides is 1. The maximum Gasteiger partial charge on any atom is 1.00 e. The number of ketones is 1. The number of allylic oxidation sites excluding steroid dienone is 5. The molecule has 4 aromatic carbocycles. The fourth-order valence-corrected chi connectivity index (χ4v) is 9.32. The fraction of sp³-hybridized carbons (Fsp3) is 0.111. The average Bonchev–Trinajstić information content (AvgIpc) is 3.64. The van der Waals surface area contributed by atoms with Gasteiger partial charge in [-0.05, 0) is 60.0 Å². The first-order valence-corrected chi connectivity index (χ1v) is 19.1. The Kier molecular flexibility index (Phi) is 10.3. The van der Waals surface area contributed by atoms with Crippen molar-refractivity contribution >= 4 is 55.0 Å². The summed E-state index contributed by atoms with van der Waals surface area (Å²) in [5, 5.41) is 3.47. The molecule has 0 bridgehead atoms. The van der Waals surface area contributed by atoms with Crippen molar-refractivity contribution in [3.8, 4) is 11.1 Å². The number of anilines is 2. The number of rotatable bonds is 8. The average molecular weight is 735 g/mol. The molecule has 0 atom stereocenters. The Morgan fingerprint density at radius 3 is 2.18 bits per heavy atom. The van der Waals surface area contributed by atoms with Gasteiger partial charge in [-0.25, -0.2) is 21.6 Å². The first-order valence-electron chi connectivity index (χ1n) is 15.2. The van der Waals surface area contributed by atoms with Crippen molar-refractivity contribution in [3.63, 3.8) is 0 Å². The number of nitrogens with zero attached hydrogens (tertiary/aromatic N) is 1.